The van der Waals surface area contributed by atoms with E-state index in [4.69, 9.17) is 16.3 Å². The lowest BCUT2D eigenvalue weighted by Crippen LogP contribution is -2.30. The average molecular weight is 445 g/mol. The molecule has 0 saturated carbocycles. The van der Waals surface area contributed by atoms with Crippen LogP contribution in [0.2, 0.25) is 5.02 Å². The van der Waals surface area contributed by atoms with Crippen molar-refractivity contribution in [2.45, 2.75) is 19.4 Å². The van der Waals surface area contributed by atoms with Gasteiger partial charge in [-0.3, -0.25) is 9.59 Å². The first-order chi connectivity index (χ1) is 14.5. The summed E-state index contributed by atoms with van der Waals surface area (Å²) in [6, 6.07) is 16.8. The van der Waals surface area contributed by atoms with Gasteiger partial charge in [0.15, 0.2) is 0 Å². The Labute approximate surface area is 183 Å². The lowest BCUT2D eigenvalue weighted by Gasteiger charge is -2.13. The number of benzene rings is 2. The van der Waals surface area contributed by atoms with E-state index >= 15 is 0 Å². The number of carbonyl (C=O) groups is 2. The summed E-state index contributed by atoms with van der Waals surface area (Å²) in [4.78, 5) is 24.2. The minimum Gasteiger partial charge on any atom is -0.364 e. The summed E-state index contributed by atoms with van der Waals surface area (Å²) in [5.41, 5.74) is 1.73. The predicted octanol–water partition coefficient (Wildman–Crippen LogP) is 3.88. The third kappa shape index (κ3) is 6.62. The van der Waals surface area contributed by atoms with Crippen molar-refractivity contribution in [3.05, 3.63) is 75.2 Å². The smallest absolute Gasteiger partial charge is 0.286 e. The Balaban J connectivity index is 1.39. The van der Waals surface area contributed by atoms with Crippen LogP contribution in [0.25, 0.3) is 0 Å². The fourth-order valence-corrected chi connectivity index (χ4v) is 3.47. The molecular weight excluding hydrogens is 424 g/mol. The number of aromatic nitrogens is 2. The molecule has 0 radical (unpaired) electrons. The Kier molecular flexibility index (Phi) is 7.89. The number of amides is 2. The molecule has 1 atom stereocenters. The van der Waals surface area contributed by atoms with Crippen molar-refractivity contribution >= 4 is 40.4 Å². The molecule has 7 nitrogen and oxygen atoms in total. The summed E-state index contributed by atoms with van der Waals surface area (Å²) in [6.07, 6.45) is 0. The van der Waals surface area contributed by atoms with Gasteiger partial charge in [0, 0.05) is 17.3 Å². The number of ether oxygens (including phenoxy) is 1. The molecule has 2 N–H and O–H groups in total. The number of halogens is 1. The molecule has 0 fully saturated rings. The van der Waals surface area contributed by atoms with Crippen LogP contribution in [-0.4, -0.2) is 35.2 Å². The topological polar surface area (TPSA) is 93.2 Å². The van der Waals surface area contributed by atoms with E-state index in [0.29, 0.717) is 22.3 Å². The third-order valence-electron chi connectivity index (χ3n) is 4.18. The summed E-state index contributed by atoms with van der Waals surface area (Å²) < 4.78 is 5.39. The lowest BCUT2D eigenvalue weighted by molar-refractivity contribution is -0.126. The molecule has 30 heavy (non-hydrogen) atoms. The summed E-state index contributed by atoms with van der Waals surface area (Å²) in [5, 5.41) is 14.6. The molecule has 0 unspecified atom stereocenters. The number of carbonyl (C=O) groups excluding carboxylic acids is 2. The van der Waals surface area contributed by atoms with Gasteiger partial charge in [0.1, 0.15) is 18.2 Å². The fraction of sp³-hybridized carbons (Fsp3) is 0.238. The second kappa shape index (κ2) is 10.8. The molecule has 9 heteroatoms. The molecular formula is C21H21ClN4O3S. The first-order valence-electron chi connectivity index (χ1n) is 9.30. The molecule has 3 aromatic rings. The minimum atomic E-state index is -0.381. The molecule has 1 aromatic heterocycles. The molecule has 2 aromatic carbocycles. The summed E-state index contributed by atoms with van der Waals surface area (Å²) in [7, 11) is 0. The number of hydrogen-bond acceptors (Lipinski definition) is 6. The molecule has 2 amide bonds. The summed E-state index contributed by atoms with van der Waals surface area (Å²) in [6.45, 7) is 2.58. The fourth-order valence-electron chi connectivity index (χ4n) is 2.60. The Morgan fingerprint density at radius 3 is 2.70 bits per heavy atom. The monoisotopic (exact) mass is 444 g/mol. The van der Waals surface area contributed by atoms with E-state index in [2.05, 4.69) is 20.8 Å². The molecule has 1 heterocycles. The van der Waals surface area contributed by atoms with E-state index in [1.165, 1.54) is 0 Å². The van der Waals surface area contributed by atoms with Gasteiger partial charge < -0.3 is 15.4 Å². The number of rotatable bonds is 9. The molecule has 0 aliphatic rings. The summed E-state index contributed by atoms with van der Waals surface area (Å²) in [5.74, 6) is -0.381. The van der Waals surface area contributed by atoms with Crippen molar-refractivity contribution < 1.29 is 14.3 Å². The maximum absolute atomic E-state index is 12.2. The maximum Gasteiger partial charge on any atom is 0.286 e. The van der Waals surface area contributed by atoms with E-state index in [1.807, 2.05) is 37.3 Å². The van der Waals surface area contributed by atoms with Gasteiger partial charge in [-0.05, 0) is 29.7 Å². The van der Waals surface area contributed by atoms with Crippen LogP contribution >= 0.6 is 22.9 Å². The van der Waals surface area contributed by atoms with E-state index in [1.54, 1.807) is 24.3 Å². The Morgan fingerprint density at radius 1 is 1.13 bits per heavy atom. The highest BCUT2D eigenvalue weighted by molar-refractivity contribution is 7.13. The Morgan fingerprint density at radius 2 is 1.93 bits per heavy atom. The third-order valence-corrected chi connectivity index (χ3v) is 5.31. The normalized spacial score (nSPS) is 11.7. The highest BCUT2D eigenvalue weighted by atomic mass is 35.5. The minimum absolute atomic E-state index is 0.0921. The molecule has 156 valence electrons. The highest BCUT2D eigenvalue weighted by Crippen LogP contribution is 2.17. The van der Waals surface area contributed by atoms with E-state index in [-0.39, 0.29) is 36.0 Å². The number of hydrogen-bond donors (Lipinski definition) is 2. The average Bonchev–Trinajstić information content (AvgIpc) is 3.22. The Hall–Kier alpha value is -2.81. The molecule has 0 aliphatic heterocycles. The summed E-state index contributed by atoms with van der Waals surface area (Å²) >= 11 is 7.01. The van der Waals surface area contributed by atoms with Crippen LogP contribution in [0.1, 0.15) is 33.2 Å². The van der Waals surface area contributed by atoms with Gasteiger partial charge in [0.05, 0.1) is 0 Å². The van der Waals surface area contributed by atoms with Crippen LogP contribution in [0.5, 0.6) is 0 Å². The van der Waals surface area contributed by atoms with Gasteiger partial charge in [-0.1, -0.05) is 66.3 Å². The van der Waals surface area contributed by atoms with E-state index in [9.17, 15) is 9.59 Å². The van der Waals surface area contributed by atoms with Crippen molar-refractivity contribution in [2.75, 3.05) is 18.5 Å². The lowest BCUT2D eigenvalue weighted by atomic mass is 10.0. The van der Waals surface area contributed by atoms with Gasteiger partial charge in [0.25, 0.3) is 5.91 Å². The van der Waals surface area contributed by atoms with E-state index in [0.717, 1.165) is 16.9 Å². The van der Waals surface area contributed by atoms with Crippen molar-refractivity contribution in [1.29, 1.82) is 0 Å². The van der Waals surface area contributed by atoms with Gasteiger partial charge in [0.2, 0.25) is 10.9 Å². The van der Waals surface area contributed by atoms with Crippen LogP contribution in [0.3, 0.4) is 0 Å². The van der Waals surface area contributed by atoms with Crippen molar-refractivity contribution in [3.8, 4) is 0 Å². The standard InChI is InChI=1S/C21H21ClN4O3S/c1-14(15-6-3-2-4-7-15)11-23-18(27)12-29-13-19-25-26-21(30-19)20(28)24-17-9-5-8-16(22)10-17/h2-10,14H,11-13H2,1H3,(H,23,27)(H,24,28)/t14-/m1/s1. The van der Waals surface area contributed by atoms with Gasteiger partial charge in [-0.2, -0.15) is 0 Å². The second-order valence-electron chi connectivity index (χ2n) is 6.57. The van der Waals surface area contributed by atoms with Crippen molar-refractivity contribution in [3.63, 3.8) is 0 Å². The Bertz CT molecular complexity index is 997. The number of nitrogens with zero attached hydrogens (tertiary/aromatic N) is 2. The maximum atomic E-state index is 12.2. The van der Waals surface area contributed by atoms with Crippen molar-refractivity contribution in [2.24, 2.45) is 0 Å². The largest absolute Gasteiger partial charge is 0.364 e. The van der Waals surface area contributed by atoms with Crippen LogP contribution in [0, 0.1) is 0 Å². The number of nitrogens with one attached hydrogen (secondary N) is 2. The molecule has 0 bridgehead atoms. The highest BCUT2D eigenvalue weighted by Gasteiger charge is 2.14. The molecule has 0 spiro atoms. The van der Waals surface area contributed by atoms with Crippen molar-refractivity contribution in [1.82, 2.24) is 15.5 Å². The van der Waals surface area contributed by atoms with Gasteiger partial charge in [-0.25, -0.2) is 0 Å². The zero-order chi connectivity index (χ0) is 21.3. The first-order valence-corrected chi connectivity index (χ1v) is 10.5. The van der Waals surface area contributed by atoms with Gasteiger partial charge in [-0.15, -0.1) is 10.2 Å². The zero-order valence-electron chi connectivity index (χ0n) is 16.3. The van der Waals surface area contributed by atoms with Gasteiger partial charge >= 0.3 is 0 Å². The molecule has 0 aliphatic carbocycles. The first kappa shape index (κ1) is 21.9. The SMILES string of the molecule is C[C@H](CNC(=O)COCc1nnc(C(=O)Nc2cccc(Cl)c2)s1)c1ccccc1. The quantitative estimate of drug-likeness (QED) is 0.522. The van der Waals surface area contributed by atoms with Crippen LogP contribution in [0.4, 0.5) is 5.69 Å². The zero-order valence-corrected chi connectivity index (χ0v) is 17.9. The second-order valence-corrected chi connectivity index (χ2v) is 8.07. The molecule has 0 saturated heterocycles. The predicted molar refractivity (Wildman–Crippen MR) is 117 cm³/mol. The van der Waals surface area contributed by atoms with Crippen LogP contribution in [-0.2, 0) is 16.1 Å². The molecule has 3 rings (SSSR count). The van der Waals surface area contributed by atoms with E-state index < -0.39 is 0 Å². The number of anilines is 1. The van der Waals surface area contributed by atoms with Crippen LogP contribution in [0.15, 0.2) is 54.6 Å². The van der Waals surface area contributed by atoms with Crippen LogP contribution < -0.4 is 10.6 Å².